The van der Waals surface area contributed by atoms with E-state index in [2.05, 4.69) is 21.9 Å². The maximum Gasteiger partial charge on any atom is 0.336 e. The van der Waals surface area contributed by atoms with E-state index in [-0.39, 0.29) is 12.2 Å². The molecule has 3 heterocycles. The molecular formula is C18H19N3O3S2. The van der Waals surface area contributed by atoms with Gasteiger partial charge in [-0.2, -0.15) is 0 Å². The topological polar surface area (TPSA) is 84.1 Å². The molecule has 1 aliphatic rings. The van der Waals surface area contributed by atoms with Crippen molar-refractivity contribution in [1.29, 1.82) is 0 Å². The summed E-state index contributed by atoms with van der Waals surface area (Å²) in [5.74, 6) is 0.189. The quantitative estimate of drug-likeness (QED) is 0.340. The summed E-state index contributed by atoms with van der Waals surface area (Å²) in [4.78, 5) is 33.7. The van der Waals surface area contributed by atoms with E-state index in [9.17, 15) is 9.59 Å². The molecule has 26 heavy (non-hydrogen) atoms. The highest BCUT2D eigenvalue weighted by Gasteiger charge is 2.36. The largest absolute Gasteiger partial charge is 0.463 e. The molecule has 2 aromatic rings. The maximum absolute atomic E-state index is 12.8. The number of fused-ring (bicyclic) bond motifs is 1. The Bertz CT molecular complexity index is 916. The summed E-state index contributed by atoms with van der Waals surface area (Å²) in [7, 11) is 0. The van der Waals surface area contributed by atoms with E-state index in [0.29, 0.717) is 33.6 Å². The standard InChI is InChI=1S/C18H19N3O3S2/c1-4-8-26-18-20-15-14(16(22)21-18)13(11-7-6-9-25-11)12(10(3)19-15)17(23)24-5-2/h4,6-7,9,13H,1,5,8H2,2-3H3,(H2,19,20,21,22)/t13-/m1/s1. The Morgan fingerprint density at radius 1 is 1.54 bits per heavy atom. The third-order valence-electron chi connectivity index (χ3n) is 3.88. The number of esters is 1. The Morgan fingerprint density at radius 3 is 3.00 bits per heavy atom. The Morgan fingerprint density at radius 2 is 2.35 bits per heavy atom. The van der Waals surface area contributed by atoms with Crippen LogP contribution in [0.5, 0.6) is 0 Å². The number of nitrogens with one attached hydrogen (secondary N) is 2. The van der Waals surface area contributed by atoms with Crippen molar-refractivity contribution < 1.29 is 9.53 Å². The van der Waals surface area contributed by atoms with E-state index < -0.39 is 11.9 Å². The van der Waals surface area contributed by atoms with Crippen LogP contribution in [0.15, 0.2) is 51.4 Å². The number of hydrogen-bond acceptors (Lipinski definition) is 7. The minimum Gasteiger partial charge on any atom is -0.463 e. The third kappa shape index (κ3) is 3.47. The fourth-order valence-electron chi connectivity index (χ4n) is 2.86. The first-order chi connectivity index (χ1) is 12.6. The number of H-pyrrole nitrogens is 1. The van der Waals surface area contributed by atoms with Crippen LogP contribution in [0.25, 0.3) is 0 Å². The second-order valence-electron chi connectivity index (χ2n) is 5.57. The van der Waals surface area contributed by atoms with Crippen LogP contribution >= 0.6 is 23.1 Å². The Labute approximate surface area is 159 Å². The lowest BCUT2D eigenvalue weighted by Crippen LogP contribution is -2.30. The molecule has 0 aliphatic carbocycles. The summed E-state index contributed by atoms with van der Waals surface area (Å²) >= 11 is 2.89. The van der Waals surface area contributed by atoms with Gasteiger partial charge in [-0.3, -0.25) is 4.79 Å². The van der Waals surface area contributed by atoms with E-state index in [4.69, 9.17) is 4.74 Å². The number of rotatable bonds is 6. The molecule has 0 unspecified atom stereocenters. The zero-order valence-corrected chi connectivity index (χ0v) is 16.1. The van der Waals surface area contributed by atoms with E-state index in [1.54, 1.807) is 19.9 Å². The van der Waals surface area contributed by atoms with Crippen molar-refractivity contribution in [3.63, 3.8) is 0 Å². The predicted molar refractivity (Wildman–Crippen MR) is 105 cm³/mol. The van der Waals surface area contributed by atoms with Crippen molar-refractivity contribution in [1.82, 2.24) is 9.97 Å². The molecule has 3 rings (SSSR count). The summed E-state index contributed by atoms with van der Waals surface area (Å²) in [6.45, 7) is 7.51. The molecular weight excluding hydrogens is 370 g/mol. The number of thioether (sulfide) groups is 1. The van der Waals surface area contributed by atoms with Gasteiger partial charge in [0.15, 0.2) is 5.16 Å². The minimum atomic E-state index is -0.500. The Hall–Kier alpha value is -2.32. The van der Waals surface area contributed by atoms with Gasteiger partial charge in [0.05, 0.1) is 23.7 Å². The van der Waals surface area contributed by atoms with Crippen LogP contribution in [0.3, 0.4) is 0 Å². The number of aromatic amines is 1. The smallest absolute Gasteiger partial charge is 0.336 e. The van der Waals surface area contributed by atoms with Gasteiger partial charge in [-0.05, 0) is 25.3 Å². The lowest BCUT2D eigenvalue weighted by atomic mass is 9.86. The summed E-state index contributed by atoms with van der Waals surface area (Å²) in [6.07, 6.45) is 1.75. The van der Waals surface area contributed by atoms with Gasteiger partial charge in [-0.25, -0.2) is 9.78 Å². The van der Waals surface area contributed by atoms with E-state index in [1.807, 2.05) is 17.5 Å². The second-order valence-corrected chi connectivity index (χ2v) is 7.55. The van der Waals surface area contributed by atoms with Gasteiger partial charge in [0.25, 0.3) is 5.56 Å². The van der Waals surface area contributed by atoms with Crippen molar-refractivity contribution in [3.05, 3.63) is 62.2 Å². The minimum absolute atomic E-state index is 0.262. The number of allylic oxidation sites excluding steroid dienone is 1. The predicted octanol–water partition coefficient (Wildman–Crippen LogP) is 3.50. The first kappa shape index (κ1) is 18.5. The normalized spacial score (nSPS) is 16.0. The average Bonchev–Trinajstić information content (AvgIpc) is 3.13. The molecule has 0 radical (unpaired) electrons. The molecule has 0 fully saturated rings. The van der Waals surface area contributed by atoms with Crippen LogP contribution in [-0.4, -0.2) is 28.3 Å². The van der Waals surface area contributed by atoms with E-state index in [0.717, 1.165) is 4.88 Å². The number of carbonyl (C=O) groups is 1. The first-order valence-electron chi connectivity index (χ1n) is 8.13. The number of carbonyl (C=O) groups excluding carboxylic acids is 1. The second kappa shape index (κ2) is 7.92. The Balaban J connectivity index is 2.16. The SMILES string of the molecule is C=CCSc1nc2c(c(=O)[nH]1)[C@H](c1cccs1)C(C(=O)OCC)=C(C)N2. The number of anilines is 1. The highest BCUT2D eigenvalue weighted by Crippen LogP contribution is 2.41. The van der Waals surface area contributed by atoms with Gasteiger partial charge in [0, 0.05) is 16.3 Å². The van der Waals surface area contributed by atoms with Crippen LogP contribution < -0.4 is 10.9 Å². The summed E-state index contributed by atoms with van der Waals surface area (Å²) < 4.78 is 5.23. The Kier molecular flexibility index (Phi) is 5.63. The molecule has 0 saturated heterocycles. The van der Waals surface area contributed by atoms with Crippen LogP contribution in [0.2, 0.25) is 0 Å². The molecule has 6 nitrogen and oxygen atoms in total. The van der Waals surface area contributed by atoms with Gasteiger partial charge >= 0.3 is 5.97 Å². The number of hydrogen-bond donors (Lipinski definition) is 2. The van der Waals surface area contributed by atoms with Gasteiger partial charge in [-0.15, -0.1) is 17.9 Å². The number of nitrogens with zero attached hydrogens (tertiary/aromatic N) is 1. The molecule has 136 valence electrons. The number of thiophene rings is 1. The molecule has 1 atom stereocenters. The van der Waals surface area contributed by atoms with Crippen LogP contribution in [0.1, 0.15) is 30.2 Å². The highest BCUT2D eigenvalue weighted by molar-refractivity contribution is 7.99. The van der Waals surface area contributed by atoms with Crippen molar-refractivity contribution >= 4 is 34.9 Å². The van der Waals surface area contributed by atoms with Gasteiger partial charge in [0.2, 0.25) is 0 Å². The zero-order valence-electron chi connectivity index (χ0n) is 14.5. The molecule has 0 bridgehead atoms. The van der Waals surface area contributed by atoms with E-state index >= 15 is 0 Å². The zero-order chi connectivity index (χ0) is 18.7. The fraction of sp³-hybridized carbons (Fsp3) is 0.278. The number of ether oxygens (including phenoxy) is 1. The molecule has 1 aliphatic heterocycles. The summed E-state index contributed by atoms with van der Waals surface area (Å²) in [6, 6.07) is 3.81. The molecule has 8 heteroatoms. The molecule has 0 aromatic carbocycles. The van der Waals surface area contributed by atoms with Crippen LogP contribution in [0, 0.1) is 0 Å². The van der Waals surface area contributed by atoms with Gasteiger partial charge in [0.1, 0.15) is 5.82 Å². The van der Waals surface area contributed by atoms with E-state index in [1.165, 1.54) is 23.1 Å². The van der Waals surface area contributed by atoms with Crippen molar-refractivity contribution in [2.75, 3.05) is 17.7 Å². The highest BCUT2D eigenvalue weighted by atomic mass is 32.2. The molecule has 0 amide bonds. The third-order valence-corrected chi connectivity index (χ3v) is 5.69. The van der Waals surface area contributed by atoms with Crippen LogP contribution in [-0.2, 0) is 9.53 Å². The lowest BCUT2D eigenvalue weighted by Gasteiger charge is -2.27. The van der Waals surface area contributed by atoms with Crippen molar-refractivity contribution in [2.24, 2.45) is 0 Å². The van der Waals surface area contributed by atoms with Gasteiger partial charge < -0.3 is 15.0 Å². The maximum atomic E-state index is 12.8. The average molecular weight is 390 g/mol. The molecule has 2 N–H and O–H groups in total. The molecule has 2 aromatic heterocycles. The van der Waals surface area contributed by atoms with Crippen molar-refractivity contribution in [2.45, 2.75) is 24.9 Å². The fourth-order valence-corrected chi connectivity index (χ4v) is 4.30. The number of aromatic nitrogens is 2. The summed E-state index contributed by atoms with van der Waals surface area (Å²) in [5, 5.41) is 5.55. The molecule has 0 saturated carbocycles. The van der Waals surface area contributed by atoms with Gasteiger partial charge in [-0.1, -0.05) is 23.9 Å². The monoisotopic (exact) mass is 389 g/mol. The summed E-state index contributed by atoms with van der Waals surface area (Å²) in [5.41, 5.74) is 1.26. The molecule has 0 spiro atoms. The van der Waals surface area contributed by atoms with Crippen LogP contribution in [0.4, 0.5) is 5.82 Å². The van der Waals surface area contributed by atoms with Crippen molar-refractivity contribution in [3.8, 4) is 0 Å². The lowest BCUT2D eigenvalue weighted by molar-refractivity contribution is -0.138. The first-order valence-corrected chi connectivity index (χ1v) is 9.99.